The molecule has 0 aromatic carbocycles. The molecule has 1 amide bonds. The molecule has 0 unspecified atom stereocenters. The van der Waals surface area contributed by atoms with Crippen molar-refractivity contribution >= 4 is 11.9 Å². The molecule has 1 aromatic heterocycles. The van der Waals surface area contributed by atoms with E-state index in [1.54, 1.807) is 6.92 Å². The molecule has 1 N–H and O–H groups in total. The van der Waals surface area contributed by atoms with Crippen LogP contribution in [0.5, 0.6) is 0 Å². The highest BCUT2D eigenvalue weighted by Gasteiger charge is 2.18. The van der Waals surface area contributed by atoms with Gasteiger partial charge in [0.1, 0.15) is 6.54 Å². The molecule has 0 bridgehead atoms. The molecule has 0 aliphatic heterocycles. The van der Waals surface area contributed by atoms with Crippen molar-refractivity contribution in [1.82, 2.24) is 15.0 Å². The van der Waals surface area contributed by atoms with E-state index in [4.69, 9.17) is 9.63 Å². The van der Waals surface area contributed by atoms with E-state index < -0.39 is 5.97 Å². The maximum absolute atomic E-state index is 12.0. The van der Waals surface area contributed by atoms with Gasteiger partial charge in [-0.2, -0.15) is 4.98 Å². The highest BCUT2D eigenvalue weighted by Crippen LogP contribution is 2.05. The zero-order valence-corrected chi connectivity index (χ0v) is 11.4. The third-order valence-electron chi connectivity index (χ3n) is 2.39. The number of aliphatic carboxylic acids is 1. The third-order valence-corrected chi connectivity index (χ3v) is 2.39. The predicted molar refractivity (Wildman–Crippen MR) is 66.4 cm³/mol. The van der Waals surface area contributed by atoms with Gasteiger partial charge in [0.15, 0.2) is 5.82 Å². The zero-order chi connectivity index (χ0) is 14.4. The van der Waals surface area contributed by atoms with Gasteiger partial charge in [0, 0.05) is 19.4 Å². The minimum absolute atomic E-state index is 0.168. The standard InChI is InChI=1S/C12H19N3O4/c1-8(2)6-15(7-12(17)18)11(16)5-4-10-13-9(3)14-19-10/h8H,4-7H2,1-3H3,(H,17,18). The number of carboxylic acids is 1. The van der Waals surface area contributed by atoms with E-state index in [0.717, 1.165) is 0 Å². The Kier molecular flexibility index (Phi) is 5.47. The molecule has 0 aliphatic carbocycles. The summed E-state index contributed by atoms with van der Waals surface area (Å²) in [6.45, 7) is 5.71. The van der Waals surface area contributed by atoms with Gasteiger partial charge in [-0.1, -0.05) is 19.0 Å². The van der Waals surface area contributed by atoms with Gasteiger partial charge in [0.2, 0.25) is 11.8 Å². The van der Waals surface area contributed by atoms with Crippen LogP contribution in [0.25, 0.3) is 0 Å². The van der Waals surface area contributed by atoms with Gasteiger partial charge < -0.3 is 14.5 Å². The first kappa shape index (κ1) is 15.1. The summed E-state index contributed by atoms with van der Waals surface area (Å²) in [5.74, 6) is -0.0961. The molecule has 7 nitrogen and oxygen atoms in total. The summed E-state index contributed by atoms with van der Waals surface area (Å²) in [4.78, 5) is 28.0. The smallest absolute Gasteiger partial charge is 0.323 e. The van der Waals surface area contributed by atoms with Gasteiger partial charge >= 0.3 is 5.97 Å². The Bertz CT molecular complexity index is 442. The fraction of sp³-hybridized carbons (Fsp3) is 0.667. The lowest BCUT2D eigenvalue weighted by molar-refractivity contribution is -0.144. The fourth-order valence-corrected chi connectivity index (χ4v) is 1.67. The molecule has 19 heavy (non-hydrogen) atoms. The van der Waals surface area contributed by atoms with Crippen LogP contribution in [-0.4, -0.2) is 45.1 Å². The van der Waals surface area contributed by atoms with E-state index >= 15 is 0 Å². The van der Waals surface area contributed by atoms with E-state index in [1.807, 2.05) is 13.8 Å². The van der Waals surface area contributed by atoms with Crippen LogP contribution >= 0.6 is 0 Å². The lowest BCUT2D eigenvalue weighted by Gasteiger charge is -2.22. The summed E-state index contributed by atoms with van der Waals surface area (Å²) in [6, 6.07) is 0. The van der Waals surface area contributed by atoms with Crippen molar-refractivity contribution in [1.29, 1.82) is 0 Å². The van der Waals surface area contributed by atoms with Crippen LogP contribution in [0, 0.1) is 12.8 Å². The number of carbonyl (C=O) groups excluding carboxylic acids is 1. The first-order chi connectivity index (χ1) is 8.88. The number of rotatable bonds is 7. The van der Waals surface area contributed by atoms with Crippen LogP contribution in [0.15, 0.2) is 4.52 Å². The van der Waals surface area contributed by atoms with Crippen LogP contribution in [0.3, 0.4) is 0 Å². The Balaban J connectivity index is 2.53. The van der Waals surface area contributed by atoms with E-state index in [1.165, 1.54) is 4.90 Å². The highest BCUT2D eigenvalue weighted by atomic mass is 16.5. The van der Waals surface area contributed by atoms with Gasteiger partial charge in [-0.15, -0.1) is 0 Å². The summed E-state index contributed by atoms with van der Waals surface area (Å²) in [7, 11) is 0. The molecule has 0 spiro atoms. The maximum Gasteiger partial charge on any atom is 0.323 e. The lowest BCUT2D eigenvalue weighted by Crippen LogP contribution is -2.38. The molecule has 1 heterocycles. The zero-order valence-electron chi connectivity index (χ0n) is 11.4. The lowest BCUT2D eigenvalue weighted by atomic mass is 10.2. The minimum Gasteiger partial charge on any atom is -0.480 e. The van der Waals surface area contributed by atoms with Crippen LogP contribution in [0.1, 0.15) is 32.0 Å². The molecule has 7 heteroatoms. The van der Waals surface area contributed by atoms with Crippen LogP contribution in [-0.2, 0) is 16.0 Å². The largest absolute Gasteiger partial charge is 0.480 e. The topological polar surface area (TPSA) is 96.5 Å². The van der Waals surface area contributed by atoms with Gasteiger partial charge in [-0.25, -0.2) is 0 Å². The Morgan fingerprint density at radius 3 is 2.58 bits per heavy atom. The Morgan fingerprint density at radius 1 is 1.42 bits per heavy atom. The van der Waals surface area contributed by atoms with Crippen molar-refractivity contribution in [3.05, 3.63) is 11.7 Å². The minimum atomic E-state index is -1.01. The first-order valence-electron chi connectivity index (χ1n) is 6.17. The second-order valence-electron chi connectivity index (χ2n) is 4.80. The Morgan fingerprint density at radius 2 is 2.11 bits per heavy atom. The average molecular weight is 269 g/mol. The second kappa shape index (κ2) is 6.86. The van der Waals surface area contributed by atoms with Gasteiger partial charge in [-0.05, 0) is 12.8 Å². The predicted octanol–water partition coefficient (Wildman–Crippen LogP) is 0.880. The summed E-state index contributed by atoms with van der Waals surface area (Å²) in [5, 5.41) is 12.4. The van der Waals surface area contributed by atoms with Crippen LogP contribution in [0.2, 0.25) is 0 Å². The normalized spacial score (nSPS) is 10.7. The summed E-state index contributed by atoms with van der Waals surface area (Å²) < 4.78 is 4.91. The molecule has 0 fully saturated rings. The number of carbonyl (C=O) groups is 2. The number of nitrogens with zero attached hydrogens (tertiary/aromatic N) is 3. The Labute approximate surface area is 111 Å². The second-order valence-corrected chi connectivity index (χ2v) is 4.80. The van der Waals surface area contributed by atoms with Gasteiger partial charge in [0.25, 0.3) is 0 Å². The highest BCUT2D eigenvalue weighted by molar-refractivity contribution is 5.81. The molecule has 0 aliphatic rings. The molecule has 1 aromatic rings. The van der Waals surface area contributed by atoms with Crippen LogP contribution in [0.4, 0.5) is 0 Å². The molecular formula is C12H19N3O4. The van der Waals surface area contributed by atoms with Crippen molar-refractivity contribution in [2.45, 2.75) is 33.6 Å². The monoisotopic (exact) mass is 269 g/mol. The number of aromatic nitrogens is 2. The quantitative estimate of drug-likeness (QED) is 0.789. The molecule has 0 saturated heterocycles. The Hall–Kier alpha value is -1.92. The van der Waals surface area contributed by atoms with Crippen molar-refractivity contribution in [3.8, 4) is 0 Å². The van der Waals surface area contributed by atoms with Gasteiger partial charge in [-0.3, -0.25) is 9.59 Å². The molecule has 0 atom stereocenters. The molecule has 0 radical (unpaired) electrons. The van der Waals surface area contributed by atoms with E-state index in [-0.39, 0.29) is 24.8 Å². The van der Waals surface area contributed by atoms with Crippen LogP contribution < -0.4 is 0 Å². The molecule has 1 rings (SSSR count). The van der Waals surface area contributed by atoms with Crippen molar-refractivity contribution in [2.75, 3.05) is 13.1 Å². The fourth-order valence-electron chi connectivity index (χ4n) is 1.67. The van der Waals surface area contributed by atoms with Crippen molar-refractivity contribution < 1.29 is 19.2 Å². The summed E-state index contributed by atoms with van der Waals surface area (Å²) >= 11 is 0. The number of hydrogen-bond acceptors (Lipinski definition) is 5. The number of amides is 1. The average Bonchev–Trinajstić information content (AvgIpc) is 2.70. The van der Waals surface area contributed by atoms with E-state index in [0.29, 0.717) is 24.7 Å². The van der Waals surface area contributed by atoms with Crippen molar-refractivity contribution in [3.63, 3.8) is 0 Å². The third kappa shape index (κ3) is 5.50. The van der Waals surface area contributed by atoms with E-state index in [9.17, 15) is 9.59 Å². The van der Waals surface area contributed by atoms with Gasteiger partial charge in [0.05, 0.1) is 0 Å². The number of carboxylic acid groups (broad SMARTS) is 1. The van der Waals surface area contributed by atoms with Crippen molar-refractivity contribution in [2.24, 2.45) is 5.92 Å². The maximum atomic E-state index is 12.0. The first-order valence-corrected chi connectivity index (χ1v) is 6.17. The van der Waals surface area contributed by atoms with E-state index in [2.05, 4.69) is 10.1 Å². The number of hydrogen-bond donors (Lipinski definition) is 1. The molecule has 106 valence electrons. The summed E-state index contributed by atoms with van der Waals surface area (Å²) in [5.41, 5.74) is 0. The SMILES string of the molecule is Cc1noc(CCC(=O)N(CC(=O)O)CC(C)C)n1. The summed E-state index contributed by atoms with van der Waals surface area (Å²) in [6.07, 6.45) is 0.496. The molecule has 0 saturated carbocycles. The molecular weight excluding hydrogens is 250 g/mol. The number of aryl methyl sites for hydroxylation is 2.